The van der Waals surface area contributed by atoms with E-state index in [9.17, 15) is 9.59 Å². The van der Waals surface area contributed by atoms with Crippen LogP contribution in [-0.2, 0) is 4.79 Å². The van der Waals surface area contributed by atoms with E-state index in [2.05, 4.69) is 5.32 Å². The van der Waals surface area contributed by atoms with Crippen molar-refractivity contribution in [3.8, 4) is 11.5 Å². The van der Waals surface area contributed by atoms with E-state index in [4.69, 9.17) is 9.47 Å². The summed E-state index contributed by atoms with van der Waals surface area (Å²) in [7, 11) is 1.56. The number of carbonyl (C=O) groups excluding carboxylic acids is 2. The molecule has 2 aromatic rings. The van der Waals surface area contributed by atoms with Crippen molar-refractivity contribution in [2.45, 2.75) is 38.7 Å². The Kier molecular flexibility index (Phi) is 7.11. The summed E-state index contributed by atoms with van der Waals surface area (Å²) < 4.78 is 11.0. The lowest BCUT2D eigenvalue weighted by atomic mass is 10.1. The average Bonchev–Trinajstić information content (AvgIpc) is 3.03. The van der Waals surface area contributed by atoms with Crippen LogP contribution < -0.4 is 14.8 Å². The van der Waals surface area contributed by atoms with E-state index in [0.29, 0.717) is 22.7 Å². The highest BCUT2D eigenvalue weighted by Crippen LogP contribution is 2.27. The van der Waals surface area contributed by atoms with E-state index in [1.807, 2.05) is 17.0 Å². The van der Waals surface area contributed by atoms with Gasteiger partial charge in [-0.05, 0) is 50.1 Å². The van der Waals surface area contributed by atoms with Crippen LogP contribution in [0.15, 0.2) is 48.5 Å². The first-order chi connectivity index (χ1) is 14.1. The van der Waals surface area contributed by atoms with Gasteiger partial charge in [-0.3, -0.25) is 9.59 Å². The Bertz CT molecular complexity index is 844. The number of rotatable bonds is 6. The Balaban J connectivity index is 1.64. The quantitative estimate of drug-likeness (QED) is 0.798. The van der Waals surface area contributed by atoms with E-state index < -0.39 is 6.10 Å². The number of hydrogen-bond donors (Lipinski definition) is 1. The number of benzene rings is 2. The Labute approximate surface area is 171 Å². The molecule has 29 heavy (non-hydrogen) atoms. The van der Waals surface area contributed by atoms with Gasteiger partial charge in [0.05, 0.1) is 7.11 Å². The molecule has 0 spiro atoms. The monoisotopic (exact) mass is 396 g/mol. The number of nitrogens with one attached hydrogen (secondary N) is 1. The molecule has 0 saturated carbocycles. The van der Waals surface area contributed by atoms with Gasteiger partial charge in [0.15, 0.2) is 17.6 Å². The molecule has 6 heteroatoms. The van der Waals surface area contributed by atoms with Gasteiger partial charge in [0.25, 0.3) is 11.8 Å². The minimum Gasteiger partial charge on any atom is -0.493 e. The van der Waals surface area contributed by atoms with Crippen LogP contribution in [0.1, 0.15) is 43.0 Å². The number of para-hydroxylation sites is 2. The van der Waals surface area contributed by atoms with Crippen LogP contribution in [0.2, 0.25) is 0 Å². The van der Waals surface area contributed by atoms with Crippen molar-refractivity contribution in [3.63, 3.8) is 0 Å². The largest absolute Gasteiger partial charge is 0.493 e. The normalized spacial score (nSPS) is 15.2. The Morgan fingerprint density at radius 3 is 2.34 bits per heavy atom. The number of carbonyl (C=O) groups is 2. The zero-order valence-corrected chi connectivity index (χ0v) is 17.0. The standard InChI is InChI=1S/C23H28N2O4/c1-17(29-21-13-6-5-12-20(21)28-2)22(26)24-19-11-9-10-18(16-19)23(27)25-14-7-3-4-8-15-25/h5-6,9-13,16-17H,3-4,7-8,14-15H2,1-2H3,(H,24,26). The minimum absolute atomic E-state index is 0.0151. The lowest BCUT2D eigenvalue weighted by Crippen LogP contribution is -2.32. The van der Waals surface area contributed by atoms with Crippen LogP contribution in [0.3, 0.4) is 0 Å². The molecule has 1 N–H and O–H groups in total. The molecule has 1 heterocycles. The molecular formula is C23H28N2O4. The topological polar surface area (TPSA) is 67.9 Å². The van der Waals surface area contributed by atoms with E-state index in [1.54, 1.807) is 50.4 Å². The predicted octanol–water partition coefficient (Wildman–Crippen LogP) is 4.12. The van der Waals surface area contributed by atoms with E-state index in [-0.39, 0.29) is 11.8 Å². The van der Waals surface area contributed by atoms with Crippen LogP contribution in [0.25, 0.3) is 0 Å². The molecule has 0 bridgehead atoms. The summed E-state index contributed by atoms with van der Waals surface area (Å²) in [5.41, 5.74) is 1.16. The molecule has 0 radical (unpaired) electrons. The first-order valence-electron chi connectivity index (χ1n) is 10.1. The number of methoxy groups -OCH3 is 1. The van der Waals surface area contributed by atoms with E-state index in [1.165, 1.54) is 12.8 Å². The third-order valence-electron chi connectivity index (χ3n) is 5.01. The molecule has 154 valence electrons. The van der Waals surface area contributed by atoms with Crippen LogP contribution in [0.4, 0.5) is 5.69 Å². The van der Waals surface area contributed by atoms with E-state index in [0.717, 1.165) is 25.9 Å². The molecule has 2 aromatic carbocycles. The maximum absolute atomic E-state index is 12.8. The number of hydrogen-bond acceptors (Lipinski definition) is 4. The molecular weight excluding hydrogens is 368 g/mol. The Morgan fingerprint density at radius 2 is 1.66 bits per heavy atom. The molecule has 3 rings (SSSR count). The van der Waals surface area contributed by atoms with Crippen molar-refractivity contribution < 1.29 is 19.1 Å². The van der Waals surface area contributed by atoms with Gasteiger partial charge in [0.2, 0.25) is 0 Å². The SMILES string of the molecule is COc1ccccc1OC(C)C(=O)Nc1cccc(C(=O)N2CCCCCC2)c1. The van der Waals surface area contributed by atoms with Gasteiger partial charge >= 0.3 is 0 Å². The third-order valence-corrected chi connectivity index (χ3v) is 5.01. The van der Waals surface area contributed by atoms with E-state index >= 15 is 0 Å². The van der Waals surface area contributed by atoms with Gasteiger partial charge in [-0.15, -0.1) is 0 Å². The summed E-state index contributed by atoms with van der Waals surface area (Å²) in [6.45, 7) is 3.26. The summed E-state index contributed by atoms with van der Waals surface area (Å²) in [6, 6.07) is 14.3. The highest BCUT2D eigenvalue weighted by molar-refractivity contribution is 5.98. The van der Waals surface area contributed by atoms with Gasteiger partial charge in [-0.25, -0.2) is 0 Å². The van der Waals surface area contributed by atoms with Crippen LogP contribution >= 0.6 is 0 Å². The minimum atomic E-state index is -0.726. The molecule has 0 aliphatic carbocycles. The number of nitrogens with zero attached hydrogens (tertiary/aromatic N) is 1. The summed E-state index contributed by atoms with van der Waals surface area (Å²) in [5.74, 6) is 0.788. The van der Waals surface area contributed by atoms with Gasteiger partial charge < -0.3 is 19.7 Å². The first-order valence-corrected chi connectivity index (χ1v) is 10.1. The second-order valence-corrected chi connectivity index (χ2v) is 7.19. The molecule has 1 unspecified atom stereocenters. The van der Waals surface area contributed by atoms with Gasteiger partial charge in [0.1, 0.15) is 0 Å². The summed E-state index contributed by atoms with van der Waals surface area (Å²) >= 11 is 0. The van der Waals surface area contributed by atoms with Gasteiger partial charge in [-0.1, -0.05) is 31.0 Å². The number of ether oxygens (including phenoxy) is 2. The van der Waals surface area contributed by atoms with Gasteiger partial charge in [-0.2, -0.15) is 0 Å². The predicted molar refractivity (Wildman–Crippen MR) is 113 cm³/mol. The second kappa shape index (κ2) is 9.96. The van der Waals surface area contributed by atoms with Crippen LogP contribution in [0.5, 0.6) is 11.5 Å². The highest BCUT2D eigenvalue weighted by Gasteiger charge is 2.20. The number of amides is 2. The molecule has 1 atom stereocenters. The second-order valence-electron chi connectivity index (χ2n) is 7.19. The highest BCUT2D eigenvalue weighted by atomic mass is 16.5. The summed E-state index contributed by atoms with van der Waals surface area (Å²) in [4.78, 5) is 27.3. The van der Waals surface area contributed by atoms with Crippen LogP contribution in [-0.4, -0.2) is 43.0 Å². The first kappa shape index (κ1) is 20.7. The van der Waals surface area contributed by atoms with Crippen molar-refractivity contribution in [2.24, 2.45) is 0 Å². The molecule has 1 aliphatic rings. The molecule has 1 aliphatic heterocycles. The summed E-state index contributed by atoms with van der Waals surface area (Å²) in [5, 5.41) is 2.83. The van der Waals surface area contributed by atoms with Crippen molar-refractivity contribution in [1.29, 1.82) is 0 Å². The fourth-order valence-corrected chi connectivity index (χ4v) is 3.39. The third kappa shape index (κ3) is 5.50. The van der Waals surface area contributed by atoms with Crippen molar-refractivity contribution in [1.82, 2.24) is 4.90 Å². The number of likely N-dealkylation sites (tertiary alicyclic amines) is 1. The van der Waals surface area contributed by atoms with Gasteiger partial charge in [0, 0.05) is 24.3 Å². The average molecular weight is 396 g/mol. The Morgan fingerprint density at radius 1 is 0.966 bits per heavy atom. The summed E-state index contributed by atoms with van der Waals surface area (Å²) in [6.07, 6.45) is 3.70. The van der Waals surface area contributed by atoms with Crippen LogP contribution in [0, 0.1) is 0 Å². The molecule has 1 fully saturated rings. The zero-order chi connectivity index (χ0) is 20.6. The molecule has 6 nitrogen and oxygen atoms in total. The maximum Gasteiger partial charge on any atom is 0.265 e. The fourth-order valence-electron chi connectivity index (χ4n) is 3.39. The van der Waals surface area contributed by atoms with Crippen molar-refractivity contribution in [3.05, 3.63) is 54.1 Å². The maximum atomic E-state index is 12.8. The lowest BCUT2D eigenvalue weighted by molar-refractivity contribution is -0.122. The number of anilines is 1. The fraction of sp³-hybridized carbons (Fsp3) is 0.391. The zero-order valence-electron chi connectivity index (χ0n) is 17.0. The van der Waals surface area contributed by atoms with Crippen molar-refractivity contribution in [2.75, 3.05) is 25.5 Å². The lowest BCUT2D eigenvalue weighted by Gasteiger charge is -2.21. The van der Waals surface area contributed by atoms with Crippen molar-refractivity contribution >= 4 is 17.5 Å². The molecule has 0 aromatic heterocycles. The smallest absolute Gasteiger partial charge is 0.265 e. The Hall–Kier alpha value is -3.02. The molecule has 1 saturated heterocycles. The molecule has 2 amide bonds.